The zero-order valence-corrected chi connectivity index (χ0v) is 27.1. The van der Waals surface area contributed by atoms with Gasteiger partial charge in [-0.2, -0.15) is 0 Å². The predicted octanol–water partition coefficient (Wildman–Crippen LogP) is 9.50. The Hall–Kier alpha value is -2.66. The molecule has 0 radical (unpaired) electrons. The number of halogens is 1. The topological polar surface area (TPSA) is 78.8 Å². The summed E-state index contributed by atoms with van der Waals surface area (Å²) in [6, 6.07) is 8.83. The third kappa shape index (κ3) is 23.0. The van der Waals surface area contributed by atoms with Gasteiger partial charge in [-0.1, -0.05) is 58.7 Å². The maximum atomic E-state index is 12.6. The van der Waals surface area contributed by atoms with Crippen LogP contribution in [0.2, 0.25) is 0 Å². The third-order valence-corrected chi connectivity index (χ3v) is 5.38. The Labute approximate surface area is 240 Å². The number of aromatic hydroxyl groups is 2. The molecule has 0 amide bonds. The number of benzene rings is 2. The Morgan fingerprint density at radius 2 is 1.56 bits per heavy atom. The summed E-state index contributed by atoms with van der Waals surface area (Å²) in [5.74, 6) is 0.886. The minimum absolute atomic E-state index is 0.116. The molecule has 0 heterocycles. The number of phenolic OH excluding ortho intramolecular Hbond substituents is 2. The van der Waals surface area contributed by atoms with Gasteiger partial charge in [0, 0.05) is 24.9 Å². The molecule has 5 heteroatoms. The van der Waals surface area contributed by atoms with E-state index in [0.717, 1.165) is 41.7 Å². The van der Waals surface area contributed by atoms with Crippen molar-refractivity contribution in [1.82, 2.24) is 0 Å². The number of nitrogens with zero attached hydrogens (tertiary/aromatic N) is 1. The van der Waals surface area contributed by atoms with Crippen molar-refractivity contribution in [2.75, 3.05) is 7.05 Å². The molecule has 1 aliphatic rings. The zero-order valence-electron chi connectivity index (χ0n) is 27.1. The van der Waals surface area contributed by atoms with Gasteiger partial charge in [0.25, 0.3) is 0 Å². The Balaban J connectivity index is -0.000000432. The number of aliphatic imine (C=N–C) groups is 1. The number of nitrogens with two attached hydrogens (primary N) is 1. The highest BCUT2D eigenvalue weighted by atomic mass is 19.1. The number of hydrogen-bond donors (Lipinski definition) is 3. The van der Waals surface area contributed by atoms with Crippen molar-refractivity contribution in [3.8, 4) is 11.5 Å². The first-order valence-corrected chi connectivity index (χ1v) is 14.2. The van der Waals surface area contributed by atoms with Gasteiger partial charge in [0.1, 0.15) is 17.3 Å². The van der Waals surface area contributed by atoms with E-state index < -0.39 is 0 Å². The van der Waals surface area contributed by atoms with E-state index in [0.29, 0.717) is 17.5 Å². The van der Waals surface area contributed by atoms with Gasteiger partial charge in [-0.15, -0.1) is 6.58 Å². The minimum Gasteiger partial charge on any atom is -0.508 e. The molecule has 2 aromatic rings. The summed E-state index contributed by atoms with van der Waals surface area (Å²) in [5, 5.41) is 18.7. The van der Waals surface area contributed by atoms with Crippen LogP contribution in [0.25, 0.3) is 0 Å². The van der Waals surface area contributed by atoms with E-state index in [1.54, 1.807) is 26.1 Å². The first-order chi connectivity index (χ1) is 18.2. The van der Waals surface area contributed by atoms with Crippen molar-refractivity contribution < 1.29 is 14.6 Å². The van der Waals surface area contributed by atoms with Gasteiger partial charge < -0.3 is 15.9 Å². The molecular weight excluding hydrogens is 487 g/mol. The van der Waals surface area contributed by atoms with Crippen molar-refractivity contribution in [3.05, 3.63) is 70.6 Å². The van der Waals surface area contributed by atoms with E-state index in [2.05, 4.69) is 32.3 Å². The van der Waals surface area contributed by atoms with Crippen LogP contribution in [0.5, 0.6) is 11.5 Å². The lowest BCUT2D eigenvalue weighted by molar-refractivity contribution is 0.446. The molecule has 1 unspecified atom stereocenters. The monoisotopic (exact) mass is 546 g/mol. The van der Waals surface area contributed by atoms with E-state index in [4.69, 9.17) is 5.73 Å². The average Bonchev–Trinajstić information content (AvgIpc) is 3.24. The zero-order chi connectivity index (χ0) is 31.1. The summed E-state index contributed by atoms with van der Waals surface area (Å²) < 4.78 is 12.6. The number of rotatable bonds is 3. The molecule has 0 saturated heterocycles. The highest BCUT2D eigenvalue weighted by Gasteiger charge is 2.21. The van der Waals surface area contributed by atoms with Crippen molar-refractivity contribution >= 4 is 5.71 Å². The Kier molecular flexibility index (Phi) is 25.5. The molecule has 0 aliphatic heterocycles. The highest BCUT2D eigenvalue weighted by molar-refractivity contribution is 5.78. The lowest BCUT2D eigenvalue weighted by atomic mass is 10.1. The molecule has 0 spiro atoms. The van der Waals surface area contributed by atoms with E-state index in [1.165, 1.54) is 30.5 Å². The van der Waals surface area contributed by atoms with Crippen molar-refractivity contribution in [1.29, 1.82) is 0 Å². The second-order valence-corrected chi connectivity index (χ2v) is 10.2. The number of allylic oxidation sites excluding steroid dienone is 1. The minimum atomic E-state index is -0.116. The van der Waals surface area contributed by atoms with Crippen molar-refractivity contribution in [2.45, 2.75) is 114 Å². The fourth-order valence-electron chi connectivity index (χ4n) is 3.19. The van der Waals surface area contributed by atoms with Gasteiger partial charge in [0.05, 0.1) is 0 Å². The molecule has 1 aliphatic carbocycles. The first-order valence-electron chi connectivity index (χ1n) is 14.2. The van der Waals surface area contributed by atoms with E-state index in [9.17, 15) is 14.6 Å². The summed E-state index contributed by atoms with van der Waals surface area (Å²) in [6.07, 6.45) is 5.41. The average molecular weight is 547 g/mol. The van der Waals surface area contributed by atoms with E-state index >= 15 is 0 Å². The fraction of sp³-hybridized carbons (Fsp3) is 0.559. The Morgan fingerprint density at radius 1 is 1.05 bits per heavy atom. The number of phenols is 2. The molecule has 4 N–H and O–H groups in total. The lowest BCUT2D eigenvalue weighted by Gasteiger charge is -2.03. The van der Waals surface area contributed by atoms with Gasteiger partial charge in [-0.25, -0.2) is 4.39 Å². The van der Waals surface area contributed by atoms with Crippen LogP contribution in [0, 0.1) is 25.6 Å². The molecule has 0 bridgehead atoms. The second-order valence-electron chi connectivity index (χ2n) is 10.2. The Morgan fingerprint density at radius 3 is 1.92 bits per heavy atom. The van der Waals surface area contributed by atoms with Crippen LogP contribution in [-0.4, -0.2) is 29.0 Å². The third-order valence-electron chi connectivity index (χ3n) is 5.38. The second kappa shape index (κ2) is 24.4. The quantitative estimate of drug-likeness (QED) is 0.265. The van der Waals surface area contributed by atoms with Gasteiger partial charge >= 0.3 is 0 Å². The molecular formula is C34H59FN2O2. The molecule has 0 fully saturated rings. The molecule has 39 heavy (non-hydrogen) atoms. The number of aryl methyl sites for hydroxylation is 2. The normalized spacial score (nSPS) is 12.9. The van der Waals surface area contributed by atoms with Crippen molar-refractivity contribution in [3.63, 3.8) is 0 Å². The van der Waals surface area contributed by atoms with Crippen LogP contribution in [0.15, 0.2) is 47.5 Å². The molecule has 0 saturated carbocycles. The molecule has 2 atom stereocenters. The molecule has 2 aromatic carbocycles. The van der Waals surface area contributed by atoms with Gasteiger partial charge in [0.15, 0.2) is 0 Å². The van der Waals surface area contributed by atoms with Gasteiger partial charge in [0.2, 0.25) is 0 Å². The largest absolute Gasteiger partial charge is 0.508 e. The van der Waals surface area contributed by atoms with Crippen LogP contribution in [0.3, 0.4) is 0 Å². The molecule has 0 aromatic heterocycles. The van der Waals surface area contributed by atoms with E-state index in [1.807, 2.05) is 54.5 Å². The number of fused-ring (bicyclic) bond motifs is 1. The van der Waals surface area contributed by atoms with Crippen LogP contribution in [0.4, 0.5) is 4.39 Å². The van der Waals surface area contributed by atoms with E-state index in [-0.39, 0.29) is 17.3 Å². The summed E-state index contributed by atoms with van der Waals surface area (Å²) in [6.45, 7) is 25.5. The maximum absolute atomic E-state index is 12.6. The molecule has 224 valence electrons. The lowest BCUT2D eigenvalue weighted by Crippen LogP contribution is -2.17. The predicted molar refractivity (Wildman–Crippen MR) is 172 cm³/mol. The summed E-state index contributed by atoms with van der Waals surface area (Å²) in [7, 11) is 1.79. The highest BCUT2D eigenvalue weighted by Crippen LogP contribution is 2.35. The summed E-state index contributed by atoms with van der Waals surface area (Å²) in [5.41, 5.74) is 11.7. The van der Waals surface area contributed by atoms with Crippen LogP contribution >= 0.6 is 0 Å². The van der Waals surface area contributed by atoms with Gasteiger partial charge in [-0.05, 0) is 108 Å². The van der Waals surface area contributed by atoms with Crippen LogP contribution in [0.1, 0.15) is 104 Å². The summed E-state index contributed by atoms with van der Waals surface area (Å²) >= 11 is 0. The maximum Gasteiger partial charge on any atom is 0.126 e. The fourth-order valence-corrected chi connectivity index (χ4v) is 3.19. The Bertz CT molecular complexity index is 946. The number of hydrogen-bond acceptors (Lipinski definition) is 4. The van der Waals surface area contributed by atoms with Crippen molar-refractivity contribution in [2.24, 2.45) is 16.6 Å². The van der Waals surface area contributed by atoms with Crippen LogP contribution in [-0.2, 0) is 12.8 Å². The van der Waals surface area contributed by atoms with Crippen LogP contribution < -0.4 is 5.73 Å². The first kappa shape index (κ1) is 40.8. The molecule has 4 nitrogen and oxygen atoms in total. The van der Waals surface area contributed by atoms with Gasteiger partial charge in [-0.3, -0.25) is 4.99 Å². The smallest absolute Gasteiger partial charge is 0.126 e. The summed E-state index contributed by atoms with van der Waals surface area (Å²) in [4.78, 5) is 3.81. The standard InChI is InChI=1S/C10H12O2.C8H9F.C6H15N.C4H9N.C4H8.C2H6/c1-6-2-7-4-8(11)5-10(12)9(7)3-6;1-6-3-4-7(2)8(9)5-6;1-3-5-6(7)4-2;1-4(2)5-3;1-4(2)3;1-2/h4-6,11-12H,2-3H2,1H3;3-5H,1-2H3;6H,3-5,7H2,1-2H3;1-3H3;1H2,2-3H3;1-2H3/t;;6-;;;/m..1.../s1. The SMILES string of the molecule is C=C(C)C.CC.CC1Cc2cc(O)cc(O)c2C1.CCC[C@H](N)CC.CN=C(C)C.Cc1ccc(C)c(F)c1. The molecule has 3 rings (SSSR count).